The van der Waals surface area contributed by atoms with Crippen molar-refractivity contribution in [1.82, 2.24) is 30.6 Å². The lowest BCUT2D eigenvalue weighted by Crippen LogP contribution is -2.23. The van der Waals surface area contributed by atoms with Crippen LogP contribution in [0.3, 0.4) is 0 Å². The van der Waals surface area contributed by atoms with Crippen LogP contribution in [-0.4, -0.2) is 38.8 Å². The number of aryl methyl sites for hydroxylation is 1. The van der Waals surface area contributed by atoms with E-state index < -0.39 is 0 Å². The molecule has 220 valence electrons. The molecule has 0 unspecified atom stereocenters. The molecule has 2 aromatic rings. The second-order valence-electron chi connectivity index (χ2n) is 11.7. The summed E-state index contributed by atoms with van der Waals surface area (Å²) in [7, 11) is 1.87. The first kappa shape index (κ1) is 30.4. The Morgan fingerprint density at radius 2 is 1.93 bits per heavy atom. The van der Waals surface area contributed by atoms with Crippen LogP contribution in [0, 0.1) is 11.8 Å². The summed E-state index contributed by atoms with van der Waals surface area (Å²) in [6.07, 6.45) is 15.0. The van der Waals surface area contributed by atoms with Crippen LogP contribution in [-0.2, 0) is 13.1 Å². The molecule has 0 atom stereocenters. The van der Waals surface area contributed by atoms with Crippen LogP contribution < -0.4 is 10.6 Å². The van der Waals surface area contributed by atoms with Gasteiger partial charge in [-0.25, -0.2) is 0 Å². The van der Waals surface area contributed by atoms with Crippen LogP contribution in [0.4, 0.5) is 0 Å². The molecule has 0 bridgehead atoms. The normalized spacial score (nSPS) is 18.5. The minimum atomic E-state index is -0.229. The molecule has 3 heterocycles. The van der Waals surface area contributed by atoms with Crippen LogP contribution >= 0.6 is 0 Å². The molecule has 2 fully saturated rings. The molecule has 0 aromatic carbocycles. The molecule has 2 aromatic heterocycles. The van der Waals surface area contributed by atoms with E-state index in [-0.39, 0.29) is 5.91 Å². The van der Waals surface area contributed by atoms with Crippen LogP contribution in [0.1, 0.15) is 107 Å². The van der Waals surface area contributed by atoms with Gasteiger partial charge < -0.3 is 10.6 Å². The highest BCUT2D eigenvalue weighted by atomic mass is 16.2. The Bertz CT molecular complexity index is 1290. The second-order valence-corrected chi connectivity index (χ2v) is 11.7. The molecule has 2 aliphatic carbocycles. The molecule has 5 rings (SSSR count). The summed E-state index contributed by atoms with van der Waals surface area (Å²) in [4.78, 5) is 21.5. The topological polar surface area (TPSA) is 97.1 Å². The monoisotopic (exact) mass is 557 g/mol. The average molecular weight is 558 g/mol. The first-order chi connectivity index (χ1) is 19.8. The smallest absolute Gasteiger partial charge is 0.273 e. The van der Waals surface area contributed by atoms with Gasteiger partial charge in [-0.15, -0.1) is 5.10 Å². The van der Waals surface area contributed by atoms with E-state index in [0.29, 0.717) is 36.5 Å². The predicted octanol–water partition coefficient (Wildman–Crippen LogP) is 6.50. The molecule has 3 aliphatic rings. The highest BCUT2D eigenvalue weighted by Crippen LogP contribution is 2.49. The minimum Gasteiger partial charge on any atom is -0.346 e. The number of rotatable bonds is 12. The highest BCUT2D eigenvalue weighted by molar-refractivity contribution is 6.07. The van der Waals surface area contributed by atoms with Gasteiger partial charge in [0.05, 0.1) is 6.20 Å². The molecule has 41 heavy (non-hydrogen) atoms. The second kappa shape index (κ2) is 14.4. The average Bonchev–Trinajstić information content (AvgIpc) is 3.90. The summed E-state index contributed by atoms with van der Waals surface area (Å²) in [5, 5.41) is 14.7. The van der Waals surface area contributed by atoms with E-state index in [9.17, 15) is 4.79 Å². The molecule has 0 saturated heterocycles. The number of nitrogens with one attached hydrogen (secondary N) is 2. The molecule has 2 N–H and O–H groups in total. The van der Waals surface area contributed by atoms with Crippen molar-refractivity contribution in [3.63, 3.8) is 0 Å². The zero-order valence-corrected chi connectivity index (χ0v) is 25.5. The number of amides is 1. The third-order valence-corrected chi connectivity index (χ3v) is 7.43. The fourth-order valence-electron chi connectivity index (χ4n) is 4.93. The van der Waals surface area contributed by atoms with Gasteiger partial charge in [0.2, 0.25) is 0 Å². The Kier molecular flexibility index (Phi) is 10.7. The van der Waals surface area contributed by atoms with Gasteiger partial charge in [-0.2, -0.15) is 0 Å². The number of carbonyl (C=O) groups is 1. The first-order valence-electron chi connectivity index (χ1n) is 15.4. The number of hydrogen-bond donors (Lipinski definition) is 2. The molecule has 0 spiro atoms. The number of pyridine rings is 1. The van der Waals surface area contributed by atoms with Crippen molar-refractivity contribution in [2.45, 2.75) is 98.1 Å². The van der Waals surface area contributed by atoms with Gasteiger partial charge in [0.15, 0.2) is 5.69 Å². The van der Waals surface area contributed by atoms with Gasteiger partial charge in [-0.1, -0.05) is 57.5 Å². The van der Waals surface area contributed by atoms with E-state index in [1.54, 1.807) is 10.9 Å². The lowest BCUT2D eigenvalue weighted by Gasteiger charge is -2.07. The van der Waals surface area contributed by atoms with Gasteiger partial charge in [-0.3, -0.25) is 19.5 Å². The Morgan fingerprint density at radius 3 is 2.54 bits per heavy atom. The van der Waals surface area contributed by atoms with Crippen LogP contribution in [0.2, 0.25) is 0 Å². The number of unbranched alkanes of at least 4 members (excludes halogenated alkanes) is 1. The maximum atomic E-state index is 12.5. The van der Waals surface area contributed by atoms with Crippen molar-refractivity contribution >= 4 is 11.7 Å². The van der Waals surface area contributed by atoms with E-state index in [4.69, 9.17) is 0 Å². The quantitative estimate of drug-likeness (QED) is 0.290. The number of aliphatic imine (C=N–C) groups is 1. The zero-order valence-electron chi connectivity index (χ0n) is 25.5. The van der Waals surface area contributed by atoms with Crippen LogP contribution in [0.5, 0.6) is 0 Å². The number of aromatic nitrogens is 4. The molecule has 0 radical (unpaired) electrons. The predicted molar refractivity (Wildman–Crippen MR) is 166 cm³/mol. The van der Waals surface area contributed by atoms with Crippen molar-refractivity contribution in [2.75, 3.05) is 7.05 Å². The standard InChI is InChI=1S/C30H39N7O.C3H8/c1-19(2)25-13-8-21(16-32-25)17-33-30(38)26-18-37(36-35-26)14-6-5-7-20(3)15-24-27(22-9-10-22)28(23-11-12-23)34-29(24)31-4;1-3-2/h8,13,15-16,18-19,22-23H,3,5-7,9-12,14,17H2,1-2,4H3,(H,31,34)(H,33,38);3H2,1-2H3/b24-15-;. The summed E-state index contributed by atoms with van der Waals surface area (Å²) < 4.78 is 1.74. The van der Waals surface area contributed by atoms with E-state index in [0.717, 1.165) is 41.9 Å². The first-order valence-corrected chi connectivity index (χ1v) is 15.4. The van der Waals surface area contributed by atoms with Gasteiger partial charge in [0.1, 0.15) is 5.84 Å². The van der Waals surface area contributed by atoms with Gasteiger partial charge in [0, 0.05) is 43.3 Å². The number of nitrogens with zero attached hydrogens (tertiary/aromatic N) is 5. The fraction of sp³-hybridized carbons (Fsp3) is 0.545. The highest BCUT2D eigenvalue weighted by Gasteiger charge is 2.41. The maximum Gasteiger partial charge on any atom is 0.273 e. The van der Waals surface area contributed by atoms with E-state index in [2.05, 4.69) is 71.3 Å². The van der Waals surface area contributed by atoms with Crippen molar-refractivity contribution < 1.29 is 4.79 Å². The van der Waals surface area contributed by atoms with Crippen molar-refractivity contribution in [3.05, 3.63) is 76.5 Å². The molecule has 1 amide bonds. The lowest BCUT2D eigenvalue weighted by atomic mass is 9.97. The summed E-state index contributed by atoms with van der Waals surface area (Å²) in [5.41, 5.74) is 7.66. The zero-order chi connectivity index (χ0) is 29.4. The number of hydrogen-bond acceptors (Lipinski definition) is 5. The van der Waals surface area contributed by atoms with E-state index >= 15 is 0 Å². The van der Waals surface area contributed by atoms with Crippen molar-refractivity contribution in [1.29, 1.82) is 0 Å². The summed E-state index contributed by atoms with van der Waals surface area (Å²) >= 11 is 0. The largest absolute Gasteiger partial charge is 0.346 e. The SMILES string of the molecule is C=C(/C=C1\C(=NC)NC(C2CC2)=C1C1CC1)CCCCn1cc(C(=O)NCc2ccc(C(C)C)nc2)nn1.CCC. The fourth-order valence-corrected chi connectivity index (χ4v) is 4.93. The summed E-state index contributed by atoms with van der Waals surface area (Å²) in [6, 6.07) is 4.00. The van der Waals surface area contributed by atoms with Gasteiger partial charge in [-0.05, 0) is 86.0 Å². The molecular formula is C33H47N7O. The van der Waals surface area contributed by atoms with Crippen LogP contribution in [0.15, 0.2) is 64.6 Å². The van der Waals surface area contributed by atoms with Gasteiger partial charge >= 0.3 is 0 Å². The molecule has 8 nitrogen and oxygen atoms in total. The Morgan fingerprint density at radius 1 is 1.20 bits per heavy atom. The van der Waals surface area contributed by atoms with Crippen molar-refractivity contribution in [3.8, 4) is 0 Å². The van der Waals surface area contributed by atoms with E-state index in [1.807, 2.05) is 25.4 Å². The number of amidine groups is 1. The van der Waals surface area contributed by atoms with Crippen LogP contribution in [0.25, 0.3) is 0 Å². The molecule has 8 heteroatoms. The molecule has 2 saturated carbocycles. The lowest BCUT2D eigenvalue weighted by molar-refractivity contribution is 0.0945. The Balaban J connectivity index is 0.00000124. The Labute approximate surface area is 245 Å². The van der Waals surface area contributed by atoms with Gasteiger partial charge in [0.25, 0.3) is 5.91 Å². The minimum absolute atomic E-state index is 0.229. The third kappa shape index (κ3) is 8.47. The molecule has 1 aliphatic heterocycles. The summed E-state index contributed by atoms with van der Waals surface area (Å²) in [6.45, 7) is 13.9. The summed E-state index contributed by atoms with van der Waals surface area (Å²) in [5.74, 6) is 2.55. The molecular weight excluding hydrogens is 510 g/mol. The van der Waals surface area contributed by atoms with Crippen molar-refractivity contribution in [2.24, 2.45) is 16.8 Å². The third-order valence-electron chi connectivity index (χ3n) is 7.43. The number of carbonyl (C=O) groups excluding carboxylic acids is 1. The number of allylic oxidation sites excluding steroid dienone is 3. The Hall–Kier alpha value is -3.55. The maximum absolute atomic E-state index is 12.5. The van der Waals surface area contributed by atoms with E-state index in [1.165, 1.54) is 48.9 Å².